The lowest BCUT2D eigenvalue weighted by molar-refractivity contribution is -0.611. The van der Waals surface area contributed by atoms with Crippen LogP contribution in [0.4, 0.5) is 48.3 Å². The average molecular weight is 358 g/mol. The smallest absolute Gasteiger partial charge is 0.309 e. The highest BCUT2D eigenvalue weighted by Crippen LogP contribution is 2.57. The minimum absolute atomic E-state index is 0.395. The molecule has 14 heteroatoms. The van der Waals surface area contributed by atoms with Crippen molar-refractivity contribution in [3.8, 4) is 0 Å². The van der Waals surface area contributed by atoms with E-state index in [-0.39, 0.29) is 0 Å². The van der Waals surface area contributed by atoms with E-state index in [1.165, 1.54) is 0 Å². The lowest BCUT2D eigenvalue weighted by atomic mass is 10.2. The molecule has 0 aromatic rings. The van der Waals surface area contributed by atoms with Crippen LogP contribution in [0.2, 0.25) is 0 Å². The van der Waals surface area contributed by atoms with Crippen LogP contribution in [0.25, 0.3) is 0 Å². The van der Waals surface area contributed by atoms with E-state index in [1.807, 2.05) is 0 Å². The van der Waals surface area contributed by atoms with Gasteiger partial charge in [0.2, 0.25) is 0 Å². The minimum atomic E-state index is -6.69. The van der Waals surface area contributed by atoms with Crippen LogP contribution < -0.4 is 0 Å². The SMILES string of the molecule is CC1(F)OC(F)(OCC(F)(F)F)C(F)(C(F)(F)F)OC1(F)F. The Kier molecular flexibility index (Phi) is 4.18. The second-order valence-corrected chi connectivity index (χ2v) is 4.17. The zero-order valence-electron chi connectivity index (χ0n) is 10.1. The first kappa shape index (κ1) is 19.2. The quantitative estimate of drug-likeness (QED) is 0.704. The summed E-state index contributed by atoms with van der Waals surface area (Å²) in [5.41, 5.74) is 0. The van der Waals surface area contributed by atoms with Gasteiger partial charge in [0.05, 0.1) is 0 Å². The summed E-state index contributed by atoms with van der Waals surface area (Å²) in [4.78, 5) is 0. The van der Waals surface area contributed by atoms with E-state index in [4.69, 9.17) is 0 Å². The lowest BCUT2D eigenvalue weighted by Crippen LogP contribution is -2.73. The van der Waals surface area contributed by atoms with Gasteiger partial charge in [-0.1, -0.05) is 0 Å². The van der Waals surface area contributed by atoms with Crippen LogP contribution in [-0.4, -0.2) is 42.8 Å². The highest BCUT2D eigenvalue weighted by Gasteiger charge is 2.84. The molecule has 0 aromatic carbocycles. The molecule has 1 saturated heterocycles. The Morgan fingerprint density at radius 1 is 0.864 bits per heavy atom. The minimum Gasteiger partial charge on any atom is -0.309 e. The largest absolute Gasteiger partial charge is 0.457 e. The summed E-state index contributed by atoms with van der Waals surface area (Å²) >= 11 is 0. The normalized spacial score (nSPS) is 39.8. The number of ether oxygens (including phenoxy) is 3. The molecule has 132 valence electrons. The van der Waals surface area contributed by atoms with Gasteiger partial charge in [0.1, 0.15) is 6.61 Å². The summed E-state index contributed by atoms with van der Waals surface area (Å²) in [6.07, 6.45) is -17.9. The van der Waals surface area contributed by atoms with Gasteiger partial charge in [-0.2, -0.15) is 43.9 Å². The van der Waals surface area contributed by atoms with Crippen molar-refractivity contribution < 1.29 is 62.5 Å². The van der Waals surface area contributed by atoms with Crippen LogP contribution in [-0.2, 0) is 14.2 Å². The van der Waals surface area contributed by atoms with Crippen molar-refractivity contribution in [1.82, 2.24) is 0 Å². The Labute approximate surface area is 113 Å². The molecule has 1 aliphatic heterocycles. The van der Waals surface area contributed by atoms with Gasteiger partial charge in [-0.05, 0) is 0 Å². The van der Waals surface area contributed by atoms with Crippen molar-refractivity contribution in [2.45, 2.75) is 43.1 Å². The van der Waals surface area contributed by atoms with Crippen molar-refractivity contribution in [1.29, 1.82) is 0 Å². The van der Waals surface area contributed by atoms with Crippen LogP contribution >= 0.6 is 0 Å². The summed E-state index contributed by atoms with van der Waals surface area (Å²) in [5.74, 6) is -11.0. The second kappa shape index (κ2) is 4.80. The Balaban J connectivity index is 3.30. The van der Waals surface area contributed by atoms with E-state index in [1.54, 1.807) is 0 Å². The van der Waals surface area contributed by atoms with E-state index in [0.717, 1.165) is 0 Å². The van der Waals surface area contributed by atoms with Gasteiger partial charge in [-0.3, -0.25) is 9.47 Å². The number of alkyl halides is 11. The van der Waals surface area contributed by atoms with Crippen LogP contribution in [0.15, 0.2) is 0 Å². The van der Waals surface area contributed by atoms with Crippen molar-refractivity contribution in [3.05, 3.63) is 0 Å². The summed E-state index contributed by atoms with van der Waals surface area (Å²) < 4.78 is 147. The number of rotatable bonds is 2. The van der Waals surface area contributed by atoms with Crippen molar-refractivity contribution >= 4 is 0 Å². The Morgan fingerprint density at radius 3 is 1.68 bits per heavy atom. The van der Waals surface area contributed by atoms with Gasteiger partial charge < -0.3 is 4.74 Å². The van der Waals surface area contributed by atoms with Gasteiger partial charge in [-0.25, -0.2) is 4.39 Å². The maximum absolute atomic E-state index is 13.7. The fourth-order valence-corrected chi connectivity index (χ4v) is 1.22. The van der Waals surface area contributed by atoms with Gasteiger partial charge in [0.15, 0.2) is 0 Å². The molecule has 0 aromatic heterocycles. The third-order valence-electron chi connectivity index (χ3n) is 2.28. The zero-order valence-corrected chi connectivity index (χ0v) is 10.1. The van der Waals surface area contributed by atoms with Crippen LogP contribution in [0.3, 0.4) is 0 Å². The van der Waals surface area contributed by atoms with Crippen molar-refractivity contribution in [2.75, 3.05) is 6.61 Å². The molecule has 0 saturated carbocycles. The fourth-order valence-electron chi connectivity index (χ4n) is 1.22. The van der Waals surface area contributed by atoms with Crippen molar-refractivity contribution in [3.63, 3.8) is 0 Å². The van der Waals surface area contributed by atoms with E-state index < -0.39 is 49.7 Å². The molecule has 0 aliphatic carbocycles. The average Bonchev–Trinajstić information content (AvgIpc) is 2.20. The maximum atomic E-state index is 13.7. The number of halogens is 11. The summed E-state index contributed by atoms with van der Waals surface area (Å²) in [6, 6.07) is -5.67. The Morgan fingerprint density at radius 2 is 1.32 bits per heavy atom. The van der Waals surface area contributed by atoms with Gasteiger partial charge in [-0.15, -0.1) is 0 Å². The molecule has 3 nitrogen and oxygen atoms in total. The Bertz CT molecular complexity index is 430. The molecule has 3 unspecified atom stereocenters. The number of hydrogen-bond donors (Lipinski definition) is 0. The monoisotopic (exact) mass is 358 g/mol. The van der Waals surface area contributed by atoms with Crippen molar-refractivity contribution in [2.24, 2.45) is 0 Å². The van der Waals surface area contributed by atoms with E-state index >= 15 is 0 Å². The van der Waals surface area contributed by atoms with E-state index in [9.17, 15) is 48.3 Å². The topological polar surface area (TPSA) is 27.7 Å². The molecular formula is C8H5F11O3. The zero-order chi connectivity index (χ0) is 17.8. The molecule has 1 rings (SSSR count). The van der Waals surface area contributed by atoms with E-state index in [0.29, 0.717) is 0 Å². The second-order valence-electron chi connectivity index (χ2n) is 4.17. The first-order chi connectivity index (χ1) is 9.37. The highest BCUT2D eigenvalue weighted by atomic mass is 19.4. The molecule has 0 radical (unpaired) electrons. The third kappa shape index (κ3) is 3.08. The molecule has 0 bridgehead atoms. The summed E-state index contributed by atoms with van der Waals surface area (Å²) in [7, 11) is 0. The first-order valence-electron chi connectivity index (χ1n) is 4.99. The lowest BCUT2D eigenvalue weighted by Gasteiger charge is -2.48. The predicted molar refractivity (Wildman–Crippen MR) is 42.4 cm³/mol. The summed E-state index contributed by atoms with van der Waals surface area (Å²) in [6.45, 7) is -3.30. The molecule has 1 aliphatic rings. The van der Waals surface area contributed by atoms with Gasteiger partial charge >= 0.3 is 36.2 Å². The molecule has 0 amide bonds. The maximum Gasteiger partial charge on any atom is 0.457 e. The van der Waals surface area contributed by atoms with Crippen LogP contribution in [0.5, 0.6) is 0 Å². The Hall–Kier alpha value is -0.890. The first-order valence-corrected chi connectivity index (χ1v) is 4.99. The molecule has 1 heterocycles. The van der Waals surface area contributed by atoms with Crippen LogP contribution in [0, 0.1) is 0 Å². The molecule has 0 N–H and O–H groups in total. The molecule has 22 heavy (non-hydrogen) atoms. The third-order valence-corrected chi connectivity index (χ3v) is 2.28. The predicted octanol–water partition coefficient (Wildman–Crippen LogP) is 3.74. The molecular weight excluding hydrogens is 353 g/mol. The van der Waals surface area contributed by atoms with Crippen LogP contribution in [0.1, 0.15) is 6.92 Å². The molecule has 3 atom stereocenters. The standard InChI is InChI=1S/C8H5F11O3/c1-3(9)7(17,18)22-5(13,6(14,15)16)8(19,21-3)20-2-4(10,11)12/h2H2,1H3. The summed E-state index contributed by atoms with van der Waals surface area (Å²) in [5, 5.41) is 0. The number of hydrogen-bond acceptors (Lipinski definition) is 3. The van der Waals surface area contributed by atoms with E-state index in [2.05, 4.69) is 14.2 Å². The van der Waals surface area contributed by atoms with Gasteiger partial charge in [0, 0.05) is 6.92 Å². The van der Waals surface area contributed by atoms with Gasteiger partial charge in [0.25, 0.3) is 0 Å². The highest BCUT2D eigenvalue weighted by molar-refractivity contribution is 4.96. The molecule has 0 spiro atoms. The molecule has 1 fully saturated rings. The fraction of sp³-hybridized carbons (Fsp3) is 1.00.